The summed E-state index contributed by atoms with van der Waals surface area (Å²) in [6, 6.07) is 6.50. The monoisotopic (exact) mass is 321 g/mol. The second-order valence-corrected chi connectivity index (χ2v) is 6.88. The molecule has 0 heterocycles. The predicted molar refractivity (Wildman–Crippen MR) is 89.8 cm³/mol. The second kappa shape index (κ2) is 8.44. The van der Waals surface area contributed by atoms with Crippen LogP contribution in [-0.2, 0) is 14.9 Å². The first kappa shape index (κ1) is 17.9. The third-order valence-corrected chi connectivity index (χ3v) is 4.47. The first-order valence-electron chi connectivity index (χ1n) is 8.67. The number of nitrogens with one attached hydrogen (secondary N) is 1. The fraction of sp³-hybridized carbons (Fsp3) is 0.632. The summed E-state index contributed by atoms with van der Waals surface area (Å²) in [4.78, 5) is 12.7. The van der Waals surface area contributed by atoms with Crippen LogP contribution in [0.3, 0.4) is 0 Å². The molecule has 1 N–H and O–H groups in total. The fourth-order valence-electron chi connectivity index (χ4n) is 3.28. The number of rotatable bonds is 8. The van der Waals surface area contributed by atoms with Gasteiger partial charge in [-0.05, 0) is 42.9 Å². The minimum absolute atomic E-state index is 0.0319. The zero-order valence-corrected chi connectivity index (χ0v) is 14.2. The van der Waals surface area contributed by atoms with Crippen LogP contribution in [0.2, 0.25) is 0 Å². The molecule has 0 spiro atoms. The molecule has 2 rings (SSSR count). The van der Waals surface area contributed by atoms with Gasteiger partial charge in [0.25, 0.3) is 0 Å². The minimum Gasteiger partial charge on any atom is -0.381 e. The van der Waals surface area contributed by atoms with E-state index in [1.165, 1.54) is 12.1 Å². The lowest BCUT2D eigenvalue weighted by Gasteiger charge is -2.28. The number of benzene rings is 1. The smallest absolute Gasteiger partial charge is 0.230 e. The molecule has 0 aromatic heterocycles. The Labute approximate surface area is 138 Å². The molecular formula is C19H28FNO2. The molecule has 1 aliphatic carbocycles. The van der Waals surface area contributed by atoms with Gasteiger partial charge < -0.3 is 10.1 Å². The lowest BCUT2D eigenvalue weighted by atomic mass is 9.78. The van der Waals surface area contributed by atoms with Crippen LogP contribution in [0.25, 0.3) is 0 Å². The van der Waals surface area contributed by atoms with E-state index in [1.807, 2.05) is 6.07 Å². The van der Waals surface area contributed by atoms with Crippen LogP contribution in [0.15, 0.2) is 24.3 Å². The van der Waals surface area contributed by atoms with Crippen molar-refractivity contribution in [3.05, 3.63) is 35.6 Å². The lowest BCUT2D eigenvalue weighted by molar-refractivity contribution is -0.126. The van der Waals surface area contributed by atoms with Crippen LogP contribution in [0.1, 0.15) is 51.5 Å². The summed E-state index contributed by atoms with van der Waals surface area (Å²) < 4.78 is 19.1. The second-order valence-electron chi connectivity index (χ2n) is 6.88. The molecule has 1 fully saturated rings. The highest BCUT2D eigenvalue weighted by Gasteiger charge is 2.42. The van der Waals surface area contributed by atoms with Crippen LogP contribution < -0.4 is 5.32 Å². The Morgan fingerprint density at radius 1 is 1.35 bits per heavy atom. The normalized spacial score (nSPS) is 16.7. The highest BCUT2D eigenvalue weighted by atomic mass is 19.1. The zero-order valence-electron chi connectivity index (χ0n) is 14.2. The van der Waals surface area contributed by atoms with Crippen LogP contribution in [0.5, 0.6) is 0 Å². The largest absolute Gasteiger partial charge is 0.381 e. The van der Waals surface area contributed by atoms with Crippen molar-refractivity contribution in [2.24, 2.45) is 5.92 Å². The van der Waals surface area contributed by atoms with Gasteiger partial charge in [-0.1, -0.05) is 38.8 Å². The van der Waals surface area contributed by atoms with Gasteiger partial charge in [-0.3, -0.25) is 4.79 Å². The maximum Gasteiger partial charge on any atom is 0.230 e. The molecule has 0 atom stereocenters. The van der Waals surface area contributed by atoms with Crippen molar-refractivity contribution in [1.82, 2.24) is 5.32 Å². The molecule has 0 aliphatic heterocycles. The fourth-order valence-corrected chi connectivity index (χ4v) is 3.28. The molecule has 4 heteroatoms. The Morgan fingerprint density at radius 3 is 2.74 bits per heavy atom. The van der Waals surface area contributed by atoms with Crippen LogP contribution in [0, 0.1) is 11.7 Å². The van der Waals surface area contributed by atoms with Gasteiger partial charge in [0.1, 0.15) is 5.82 Å². The molecule has 1 aromatic rings. The number of amides is 1. The van der Waals surface area contributed by atoms with Crippen molar-refractivity contribution in [3.63, 3.8) is 0 Å². The topological polar surface area (TPSA) is 38.3 Å². The molecular weight excluding hydrogens is 293 g/mol. The SMILES string of the molecule is CC(C)COCCCNC(=O)C1(c2cccc(F)c2)CCCC1. The molecule has 0 radical (unpaired) electrons. The first-order chi connectivity index (χ1) is 11.0. The van der Waals surface area contributed by atoms with E-state index in [4.69, 9.17) is 4.74 Å². The third kappa shape index (κ3) is 4.77. The van der Waals surface area contributed by atoms with E-state index in [0.29, 0.717) is 19.1 Å². The van der Waals surface area contributed by atoms with E-state index >= 15 is 0 Å². The van der Waals surface area contributed by atoms with Gasteiger partial charge in [-0.15, -0.1) is 0 Å². The lowest BCUT2D eigenvalue weighted by Crippen LogP contribution is -2.43. The number of carbonyl (C=O) groups excluding carboxylic acids is 1. The van der Waals surface area contributed by atoms with Crippen LogP contribution in [-0.4, -0.2) is 25.7 Å². The van der Waals surface area contributed by atoms with E-state index < -0.39 is 5.41 Å². The molecule has 1 aliphatic rings. The number of carbonyl (C=O) groups is 1. The van der Waals surface area contributed by atoms with Gasteiger partial charge in [0.2, 0.25) is 5.91 Å². The predicted octanol–water partition coefficient (Wildman–Crippen LogP) is 3.82. The summed E-state index contributed by atoms with van der Waals surface area (Å²) in [5, 5.41) is 3.03. The van der Waals surface area contributed by atoms with Gasteiger partial charge in [-0.25, -0.2) is 4.39 Å². The molecule has 23 heavy (non-hydrogen) atoms. The van der Waals surface area contributed by atoms with Gasteiger partial charge in [0.05, 0.1) is 5.41 Å². The molecule has 0 bridgehead atoms. The Bertz CT molecular complexity index is 510. The first-order valence-corrected chi connectivity index (χ1v) is 8.67. The molecule has 1 amide bonds. The van der Waals surface area contributed by atoms with Crippen molar-refractivity contribution in [3.8, 4) is 0 Å². The highest BCUT2D eigenvalue weighted by molar-refractivity contribution is 5.88. The van der Waals surface area contributed by atoms with Crippen LogP contribution >= 0.6 is 0 Å². The average molecular weight is 321 g/mol. The summed E-state index contributed by atoms with van der Waals surface area (Å²) in [7, 11) is 0. The van der Waals surface area contributed by atoms with Crippen molar-refractivity contribution in [1.29, 1.82) is 0 Å². The van der Waals surface area contributed by atoms with Crippen molar-refractivity contribution in [2.75, 3.05) is 19.8 Å². The van der Waals surface area contributed by atoms with Crippen molar-refractivity contribution >= 4 is 5.91 Å². The van der Waals surface area contributed by atoms with Crippen molar-refractivity contribution in [2.45, 2.75) is 51.4 Å². The molecule has 128 valence electrons. The van der Waals surface area contributed by atoms with Gasteiger partial charge in [0, 0.05) is 19.8 Å². The number of ether oxygens (including phenoxy) is 1. The molecule has 0 unspecified atom stereocenters. The number of hydrogen-bond donors (Lipinski definition) is 1. The summed E-state index contributed by atoms with van der Waals surface area (Å²) in [5.41, 5.74) is 0.254. The quantitative estimate of drug-likeness (QED) is 0.739. The molecule has 3 nitrogen and oxygen atoms in total. The summed E-state index contributed by atoms with van der Waals surface area (Å²) in [6.07, 6.45) is 4.43. The van der Waals surface area contributed by atoms with E-state index in [-0.39, 0.29) is 11.7 Å². The van der Waals surface area contributed by atoms with Crippen molar-refractivity contribution < 1.29 is 13.9 Å². The Balaban J connectivity index is 1.89. The van der Waals surface area contributed by atoms with Gasteiger partial charge in [-0.2, -0.15) is 0 Å². The zero-order chi connectivity index (χ0) is 16.7. The molecule has 1 saturated carbocycles. The standard InChI is InChI=1S/C19H28FNO2/c1-15(2)14-23-12-6-11-21-18(22)19(9-3-4-10-19)16-7-5-8-17(20)13-16/h5,7-8,13,15H,3-4,6,9-12,14H2,1-2H3,(H,21,22). The van der Waals surface area contributed by atoms with E-state index in [2.05, 4.69) is 19.2 Å². The molecule has 1 aromatic carbocycles. The van der Waals surface area contributed by atoms with Gasteiger partial charge in [0.15, 0.2) is 0 Å². The Kier molecular flexibility index (Phi) is 6.58. The van der Waals surface area contributed by atoms with E-state index in [0.717, 1.165) is 44.3 Å². The van der Waals surface area contributed by atoms with E-state index in [9.17, 15) is 9.18 Å². The summed E-state index contributed by atoms with van der Waals surface area (Å²) in [6.45, 7) is 6.25. The van der Waals surface area contributed by atoms with E-state index in [1.54, 1.807) is 6.07 Å². The van der Waals surface area contributed by atoms with Crippen LogP contribution in [0.4, 0.5) is 4.39 Å². The highest BCUT2D eigenvalue weighted by Crippen LogP contribution is 2.41. The Morgan fingerprint density at radius 2 is 2.09 bits per heavy atom. The van der Waals surface area contributed by atoms with Gasteiger partial charge >= 0.3 is 0 Å². The maximum atomic E-state index is 13.6. The third-order valence-electron chi connectivity index (χ3n) is 4.47. The number of hydrogen-bond acceptors (Lipinski definition) is 2. The Hall–Kier alpha value is -1.42. The molecule has 0 saturated heterocycles. The summed E-state index contributed by atoms with van der Waals surface area (Å²) >= 11 is 0. The number of halogens is 1. The maximum absolute atomic E-state index is 13.6. The summed E-state index contributed by atoms with van der Waals surface area (Å²) in [5.74, 6) is 0.285. The average Bonchev–Trinajstić information content (AvgIpc) is 3.01. The minimum atomic E-state index is -0.555.